The van der Waals surface area contributed by atoms with E-state index in [9.17, 15) is 5.11 Å². The van der Waals surface area contributed by atoms with Crippen molar-refractivity contribution in [1.82, 2.24) is 0 Å². The van der Waals surface area contributed by atoms with Crippen molar-refractivity contribution in [2.24, 2.45) is 0 Å². The Morgan fingerprint density at radius 3 is 2.79 bits per heavy atom. The Balaban J connectivity index is 3.01. The molecule has 0 heterocycles. The highest BCUT2D eigenvalue weighted by Gasteiger charge is 2.06. The average molecular weight is 231 g/mol. The van der Waals surface area contributed by atoms with Crippen LogP contribution in [0.25, 0.3) is 5.76 Å². The lowest BCUT2D eigenvalue weighted by Crippen LogP contribution is -1.85. The first kappa shape index (κ1) is 11.4. The van der Waals surface area contributed by atoms with Crippen molar-refractivity contribution >= 4 is 29.0 Å². The molecule has 1 rings (SSSR count). The summed E-state index contributed by atoms with van der Waals surface area (Å²) < 4.78 is 0. The number of aliphatic hydroxyl groups excluding tert-OH is 1. The van der Waals surface area contributed by atoms with Gasteiger partial charge in [-0.15, -0.1) is 0 Å². The van der Waals surface area contributed by atoms with E-state index in [1.54, 1.807) is 24.3 Å². The fourth-order valence-corrected chi connectivity index (χ4v) is 1.49. The number of halogens is 2. The molecule has 76 valence electrons. The Kier molecular flexibility index (Phi) is 4.30. The van der Waals surface area contributed by atoms with Crippen LogP contribution in [-0.4, -0.2) is 5.11 Å². The van der Waals surface area contributed by atoms with Gasteiger partial charge in [0.25, 0.3) is 0 Å². The molecule has 0 aliphatic carbocycles. The van der Waals surface area contributed by atoms with Gasteiger partial charge in [-0.05, 0) is 24.6 Å². The van der Waals surface area contributed by atoms with Gasteiger partial charge in [0.2, 0.25) is 0 Å². The number of aliphatic hydroxyl groups is 1. The van der Waals surface area contributed by atoms with Crippen molar-refractivity contribution in [2.45, 2.75) is 19.8 Å². The van der Waals surface area contributed by atoms with Crippen LogP contribution in [-0.2, 0) is 0 Å². The lowest BCUT2D eigenvalue weighted by molar-refractivity contribution is 0.509. The lowest BCUT2D eigenvalue weighted by atomic mass is 10.1. The van der Waals surface area contributed by atoms with Crippen LogP contribution < -0.4 is 0 Å². The zero-order valence-electron chi connectivity index (χ0n) is 7.93. The van der Waals surface area contributed by atoms with E-state index in [-0.39, 0.29) is 5.76 Å². The molecule has 3 heteroatoms. The molecule has 0 unspecified atom stereocenters. The summed E-state index contributed by atoms with van der Waals surface area (Å²) in [5.41, 5.74) is 0.590. The van der Waals surface area contributed by atoms with Gasteiger partial charge < -0.3 is 5.11 Å². The Morgan fingerprint density at radius 2 is 2.14 bits per heavy atom. The third kappa shape index (κ3) is 2.66. The quantitative estimate of drug-likeness (QED) is 0.748. The smallest absolute Gasteiger partial charge is 0.120 e. The number of allylic oxidation sites excluding steroid dienone is 1. The first-order chi connectivity index (χ1) is 6.66. The first-order valence-electron chi connectivity index (χ1n) is 4.50. The van der Waals surface area contributed by atoms with Crippen molar-refractivity contribution in [3.63, 3.8) is 0 Å². The minimum Gasteiger partial charge on any atom is -0.508 e. The summed E-state index contributed by atoms with van der Waals surface area (Å²) in [6, 6.07) is 5.20. The fraction of sp³-hybridized carbons (Fsp3) is 0.273. The Hall–Kier alpha value is -0.660. The van der Waals surface area contributed by atoms with Gasteiger partial charge in [0.05, 0.1) is 10.0 Å². The number of hydrogen-bond donors (Lipinski definition) is 1. The van der Waals surface area contributed by atoms with Crippen LogP contribution in [0, 0.1) is 0 Å². The predicted octanol–water partition coefficient (Wildman–Crippen LogP) is 4.69. The molecule has 0 aliphatic rings. The summed E-state index contributed by atoms with van der Waals surface area (Å²) in [5.74, 6) is 0.194. The third-order valence-electron chi connectivity index (χ3n) is 1.85. The topological polar surface area (TPSA) is 20.2 Å². The number of rotatable bonds is 3. The van der Waals surface area contributed by atoms with Crippen molar-refractivity contribution in [1.29, 1.82) is 0 Å². The van der Waals surface area contributed by atoms with E-state index in [1.165, 1.54) is 0 Å². The van der Waals surface area contributed by atoms with Crippen LogP contribution in [0.2, 0.25) is 10.0 Å². The molecule has 0 atom stereocenters. The molecule has 1 aromatic rings. The maximum absolute atomic E-state index is 9.67. The molecule has 1 nitrogen and oxygen atoms in total. The van der Waals surface area contributed by atoms with Crippen LogP contribution in [0.1, 0.15) is 25.3 Å². The van der Waals surface area contributed by atoms with Gasteiger partial charge in [-0.25, -0.2) is 0 Å². The molecule has 1 N–H and O–H groups in total. The second kappa shape index (κ2) is 5.28. The maximum atomic E-state index is 9.67. The van der Waals surface area contributed by atoms with Gasteiger partial charge in [0, 0.05) is 5.56 Å². The molecule has 0 bridgehead atoms. The van der Waals surface area contributed by atoms with Crippen LogP contribution in [0.5, 0.6) is 0 Å². The molecule has 0 fully saturated rings. The van der Waals surface area contributed by atoms with Gasteiger partial charge in [-0.2, -0.15) is 0 Å². The van der Waals surface area contributed by atoms with Crippen LogP contribution in [0.3, 0.4) is 0 Å². The largest absolute Gasteiger partial charge is 0.508 e. The Labute approximate surface area is 94.0 Å². The minimum absolute atomic E-state index is 0.194. The zero-order chi connectivity index (χ0) is 10.6. The van der Waals surface area contributed by atoms with E-state index in [2.05, 4.69) is 0 Å². The number of benzene rings is 1. The van der Waals surface area contributed by atoms with E-state index < -0.39 is 0 Å². The number of hydrogen-bond acceptors (Lipinski definition) is 1. The summed E-state index contributed by atoms with van der Waals surface area (Å²) in [6.07, 6.45) is 3.56. The van der Waals surface area contributed by atoms with Crippen LogP contribution in [0.4, 0.5) is 0 Å². The monoisotopic (exact) mass is 230 g/mol. The summed E-state index contributed by atoms with van der Waals surface area (Å²) in [5, 5.41) is 10.5. The average Bonchev–Trinajstić information content (AvgIpc) is 2.18. The fourth-order valence-electron chi connectivity index (χ4n) is 1.09. The van der Waals surface area contributed by atoms with Gasteiger partial charge in [0.15, 0.2) is 0 Å². The lowest BCUT2D eigenvalue weighted by Gasteiger charge is -2.04. The van der Waals surface area contributed by atoms with Crippen LogP contribution >= 0.6 is 23.2 Å². The summed E-state index contributed by atoms with van der Waals surface area (Å²) in [6.45, 7) is 2.04. The second-order valence-electron chi connectivity index (χ2n) is 2.98. The Morgan fingerprint density at radius 1 is 1.43 bits per heavy atom. The van der Waals surface area contributed by atoms with Gasteiger partial charge >= 0.3 is 0 Å². The van der Waals surface area contributed by atoms with Crippen molar-refractivity contribution < 1.29 is 5.11 Å². The molecular formula is C11H12Cl2O. The maximum Gasteiger partial charge on any atom is 0.120 e. The van der Waals surface area contributed by atoms with Crippen molar-refractivity contribution in [3.8, 4) is 0 Å². The van der Waals surface area contributed by atoms with E-state index in [0.29, 0.717) is 15.6 Å². The molecule has 0 spiro atoms. The molecule has 14 heavy (non-hydrogen) atoms. The van der Waals surface area contributed by atoms with Crippen molar-refractivity contribution in [2.75, 3.05) is 0 Å². The molecule has 0 aromatic heterocycles. The second-order valence-corrected chi connectivity index (χ2v) is 3.76. The van der Waals surface area contributed by atoms with Gasteiger partial charge in [-0.3, -0.25) is 0 Å². The van der Waals surface area contributed by atoms with E-state index >= 15 is 0 Å². The predicted molar refractivity (Wildman–Crippen MR) is 62.0 cm³/mol. The molecular weight excluding hydrogens is 219 g/mol. The van der Waals surface area contributed by atoms with Gasteiger partial charge in [-0.1, -0.05) is 42.6 Å². The highest BCUT2D eigenvalue weighted by Crippen LogP contribution is 2.29. The molecule has 0 saturated carbocycles. The summed E-state index contributed by atoms with van der Waals surface area (Å²) >= 11 is 11.8. The Bertz CT molecular complexity index is 345. The SMILES string of the molecule is CCCC=C(O)c1cccc(Cl)c1Cl. The van der Waals surface area contributed by atoms with E-state index in [0.717, 1.165) is 12.8 Å². The molecule has 0 aliphatic heterocycles. The highest BCUT2D eigenvalue weighted by molar-refractivity contribution is 6.43. The van der Waals surface area contributed by atoms with Crippen LogP contribution in [0.15, 0.2) is 24.3 Å². The third-order valence-corrected chi connectivity index (χ3v) is 2.67. The van der Waals surface area contributed by atoms with Gasteiger partial charge in [0.1, 0.15) is 5.76 Å². The number of unbranched alkanes of at least 4 members (excludes halogenated alkanes) is 1. The van der Waals surface area contributed by atoms with E-state index in [4.69, 9.17) is 23.2 Å². The first-order valence-corrected chi connectivity index (χ1v) is 5.26. The zero-order valence-corrected chi connectivity index (χ0v) is 9.44. The standard InChI is InChI=1S/C11H12Cl2O/c1-2-3-7-10(14)8-5-4-6-9(12)11(8)13/h4-7,14H,2-3H2,1H3. The molecule has 0 radical (unpaired) electrons. The molecule has 0 saturated heterocycles. The highest BCUT2D eigenvalue weighted by atomic mass is 35.5. The minimum atomic E-state index is 0.194. The summed E-state index contributed by atoms with van der Waals surface area (Å²) in [4.78, 5) is 0. The van der Waals surface area contributed by atoms with Crippen molar-refractivity contribution in [3.05, 3.63) is 39.9 Å². The molecule has 0 amide bonds. The normalized spacial score (nSPS) is 11.8. The summed E-state index contributed by atoms with van der Waals surface area (Å²) in [7, 11) is 0. The molecule has 1 aromatic carbocycles. The van der Waals surface area contributed by atoms with E-state index in [1.807, 2.05) is 6.92 Å².